The van der Waals surface area contributed by atoms with E-state index in [2.05, 4.69) is 5.32 Å². The number of hydrogen-bond acceptors (Lipinski definition) is 4. The molecule has 1 amide bonds. The normalized spacial score (nSPS) is 24.5. The molecule has 0 aromatic heterocycles. The first-order valence-electron chi connectivity index (χ1n) is 7.38. The summed E-state index contributed by atoms with van der Waals surface area (Å²) in [4.78, 5) is 22.4. The molecule has 1 aliphatic carbocycles. The molecule has 0 bridgehead atoms. The standard InChI is InChI=1S/C16H21NO5/c18-14(19)10-16(21)8-6-13(7-9-16)17-15(20)22-11-12-4-2-1-3-5-12/h1-5,13,21H,6-11H2,(H,17,20)(H,18,19). The summed E-state index contributed by atoms with van der Waals surface area (Å²) in [6.45, 7) is 0.211. The number of carboxylic acids is 1. The van der Waals surface area contributed by atoms with Crippen LogP contribution < -0.4 is 5.32 Å². The fourth-order valence-electron chi connectivity index (χ4n) is 2.69. The Labute approximate surface area is 129 Å². The van der Waals surface area contributed by atoms with E-state index in [0.717, 1.165) is 5.56 Å². The van der Waals surface area contributed by atoms with Gasteiger partial charge in [-0.3, -0.25) is 4.79 Å². The van der Waals surface area contributed by atoms with Crippen molar-refractivity contribution in [2.75, 3.05) is 0 Å². The summed E-state index contributed by atoms with van der Waals surface area (Å²) in [5.41, 5.74) is -0.241. The van der Waals surface area contributed by atoms with Gasteiger partial charge in [0, 0.05) is 6.04 Å². The number of aliphatic hydroxyl groups is 1. The van der Waals surface area contributed by atoms with E-state index in [9.17, 15) is 14.7 Å². The van der Waals surface area contributed by atoms with Crippen LogP contribution in [0.25, 0.3) is 0 Å². The maximum Gasteiger partial charge on any atom is 0.407 e. The summed E-state index contributed by atoms with van der Waals surface area (Å²) in [7, 11) is 0. The third kappa shape index (κ3) is 5.04. The van der Waals surface area contributed by atoms with Gasteiger partial charge in [0.05, 0.1) is 12.0 Å². The van der Waals surface area contributed by atoms with E-state index in [-0.39, 0.29) is 19.1 Å². The van der Waals surface area contributed by atoms with Crippen molar-refractivity contribution in [3.63, 3.8) is 0 Å². The van der Waals surface area contributed by atoms with Crippen LogP contribution in [0.4, 0.5) is 4.79 Å². The molecule has 0 aliphatic heterocycles. The van der Waals surface area contributed by atoms with E-state index < -0.39 is 17.7 Å². The van der Waals surface area contributed by atoms with Crippen molar-refractivity contribution in [1.82, 2.24) is 5.32 Å². The SMILES string of the molecule is O=C(O)CC1(O)CCC(NC(=O)OCc2ccccc2)CC1. The monoisotopic (exact) mass is 307 g/mol. The fourth-order valence-corrected chi connectivity index (χ4v) is 2.69. The number of alkyl carbamates (subject to hydrolysis) is 1. The van der Waals surface area contributed by atoms with Gasteiger partial charge in [-0.25, -0.2) is 4.79 Å². The summed E-state index contributed by atoms with van der Waals surface area (Å²) in [6.07, 6.45) is 1.08. The lowest BCUT2D eigenvalue weighted by atomic mass is 9.80. The number of carbonyl (C=O) groups is 2. The molecule has 22 heavy (non-hydrogen) atoms. The number of carboxylic acid groups (broad SMARTS) is 1. The van der Waals surface area contributed by atoms with Crippen molar-refractivity contribution >= 4 is 12.1 Å². The number of rotatable bonds is 5. The Balaban J connectivity index is 1.71. The quantitative estimate of drug-likeness (QED) is 0.774. The second-order valence-electron chi connectivity index (χ2n) is 5.78. The van der Waals surface area contributed by atoms with Crippen LogP contribution in [0.1, 0.15) is 37.7 Å². The van der Waals surface area contributed by atoms with Gasteiger partial charge in [0.1, 0.15) is 6.61 Å². The van der Waals surface area contributed by atoms with Crippen LogP contribution in [0.5, 0.6) is 0 Å². The molecule has 1 fully saturated rings. The second-order valence-corrected chi connectivity index (χ2v) is 5.78. The average Bonchev–Trinajstić information content (AvgIpc) is 2.48. The number of aliphatic carboxylic acids is 1. The number of benzene rings is 1. The minimum absolute atomic E-state index is 0.0858. The van der Waals surface area contributed by atoms with Crippen molar-refractivity contribution in [2.45, 2.75) is 50.4 Å². The molecule has 6 heteroatoms. The molecule has 1 aromatic carbocycles. The molecule has 6 nitrogen and oxygen atoms in total. The van der Waals surface area contributed by atoms with Crippen LogP contribution >= 0.6 is 0 Å². The topological polar surface area (TPSA) is 95.9 Å². The van der Waals surface area contributed by atoms with Gasteiger partial charge in [0.15, 0.2) is 0 Å². The van der Waals surface area contributed by atoms with E-state index in [4.69, 9.17) is 9.84 Å². The first kappa shape index (κ1) is 16.3. The zero-order valence-electron chi connectivity index (χ0n) is 12.3. The summed E-state index contributed by atoms with van der Waals surface area (Å²) < 4.78 is 5.14. The van der Waals surface area contributed by atoms with Gasteiger partial charge in [-0.05, 0) is 31.2 Å². The van der Waals surface area contributed by atoms with Gasteiger partial charge < -0.3 is 20.3 Å². The zero-order valence-corrected chi connectivity index (χ0v) is 12.3. The van der Waals surface area contributed by atoms with Crippen LogP contribution in [0.15, 0.2) is 30.3 Å². The van der Waals surface area contributed by atoms with E-state index in [0.29, 0.717) is 25.7 Å². The summed E-state index contributed by atoms with van der Waals surface area (Å²) in [5.74, 6) is -1.00. The number of ether oxygens (including phenoxy) is 1. The molecule has 0 heterocycles. The lowest BCUT2D eigenvalue weighted by molar-refractivity contribution is -0.144. The number of carbonyl (C=O) groups excluding carboxylic acids is 1. The van der Waals surface area contributed by atoms with Gasteiger partial charge in [-0.1, -0.05) is 30.3 Å². The lowest BCUT2D eigenvalue weighted by Crippen LogP contribution is -2.44. The Morgan fingerprint density at radius 1 is 1.23 bits per heavy atom. The Bertz CT molecular complexity index is 509. The van der Waals surface area contributed by atoms with Crippen molar-refractivity contribution in [2.24, 2.45) is 0 Å². The minimum atomic E-state index is -1.15. The van der Waals surface area contributed by atoms with Gasteiger partial charge in [-0.2, -0.15) is 0 Å². The van der Waals surface area contributed by atoms with Gasteiger partial charge >= 0.3 is 12.1 Å². The van der Waals surface area contributed by atoms with Crippen molar-refractivity contribution in [3.05, 3.63) is 35.9 Å². The summed E-state index contributed by atoms with van der Waals surface area (Å²) >= 11 is 0. The molecule has 1 aliphatic rings. The number of hydrogen-bond donors (Lipinski definition) is 3. The minimum Gasteiger partial charge on any atom is -0.481 e. The molecule has 3 N–H and O–H groups in total. The van der Waals surface area contributed by atoms with E-state index in [1.807, 2.05) is 30.3 Å². The first-order valence-corrected chi connectivity index (χ1v) is 7.38. The van der Waals surface area contributed by atoms with Crippen molar-refractivity contribution in [3.8, 4) is 0 Å². The first-order chi connectivity index (χ1) is 10.5. The molecule has 0 saturated heterocycles. The van der Waals surface area contributed by atoms with Crippen molar-refractivity contribution < 1.29 is 24.5 Å². The van der Waals surface area contributed by atoms with Gasteiger partial charge in [0.25, 0.3) is 0 Å². The van der Waals surface area contributed by atoms with E-state index in [1.165, 1.54) is 0 Å². The third-order valence-electron chi connectivity index (χ3n) is 3.93. The van der Waals surface area contributed by atoms with Crippen LogP contribution in [-0.2, 0) is 16.1 Å². The molecule has 0 unspecified atom stereocenters. The molecule has 1 saturated carbocycles. The van der Waals surface area contributed by atoms with Gasteiger partial charge in [-0.15, -0.1) is 0 Å². The molecular weight excluding hydrogens is 286 g/mol. The predicted octanol–water partition coefficient (Wildman–Crippen LogP) is 2.06. The second kappa shape index (κ2) is 7.26. The molecule has 120 valence electrons. The summed E-state index contributed by atoms with van der Waals surface area (Å²) in [6, 6.07) is 9.31. The fraction of sp³-hybridized carbons (Fsp3) is 0.500. The van der Waals surface area contributed by atoms with Crippen LogP contribution in [0.2, 0.25) is 0 Å². The van der Waals surface area contributed by atoms with Crippen LogP contribution in [0, 0.1) is 0 Å². The molecule has 2 rings (SSSR count). The highest BCUT2D eigenvalue weighted by Gasteiger charge is 2.35. The number of nitrogens with one attached hydrogen (secondary N) is 1. The molecular formula is C16H21NO5. The number of amides is 1. The Morgan fingerprint density at radius 2 is 1.86 bits per heavy atom. The smallest absolute Gasteiger partial charge is 0.407 e. The molecule has 1 aromatic rings. The Hall–Kier alpha value is -2.08. The molecule has 0 atom stereocenters. The Kier molecular flexibility index (Phi) is 5.38. The van der Waals surface area contributed by atoms with Crippen LogP contribution in [-0.4, -0.2) is 33.9 Å². The molecule has 0 spiro atoms. The Morgan fingerprint density at radius 3 is 2.45 bits per heavy atom. The summed E-state index contributed by atoms with van der Waals surface area (Å²) in [5, 5.41) is 21.7. The highest BCUT2D eigenvalue weighted by Crippen LogP contribution is 2.31. The third-order valence-corrected chi connectivity index (χ3v) is 3.93. The highest BCUT2D eigenvalue weighted by atomic mass is 16.5. The highest BCUT2D eigenvalue weighted by molar-refractivity contribution is 5.68. The lowest BCUT2D eigenvalue weighted by Gasteiger charge is -2.35. The maximum atomic E-state index is 11.7. The van der Waals surface area contributed by atoms with Crippen molar-refractivity contribution in [1.29, 1.82) is 0 Å². The molecule has 0 radical (unpaired) electrons. The van der Waals surface area contributed by atoms with E-state index >= 15 is 0 Å². The maximum absolute atomic E-state index is 11.7. The van der Waals surface area contributed by atoms with Crippen LogP contribution in [0.3, 0.4) is 0 Å². The predicted molar refractivity (Wildman–Crippen MR) is 79.2 cm³/mol. The zero-order chi connectivity index (χ0) is 16.0. The largest absolute Gasteiger partial charge is 0.481 e. The average molecular weight is 307 g/mol. The van der Waals surface area contributed by atoms with Gasteiger partial charge in [0.2, 0.25) is 0 Å². The van der Waals surface area contributed by atoms with E-state index in [1.54, 1.807) is 0 Å².